The molecule has 0 unspecified atom stereocenters. The van der Waals surface area contributed by atoms with Crippen molar-refractivity contribution < 1.29 is 23.8 Å². The number of Topliss-reactive ketones (excluding diaryl/α,β-unsaturated/α-hetero) is 1. The van der Waals surface area contributed by atoms with Crippen molar-refractivity contribution in [3.05, 3.63) is 23.8 Å². The van der Waals surface area contributed by atoms with Crippen LogP contribution in [-0.4, -0.2) is 33.1 Å². The van der Waals surface area contributed by atoms with Gasteiger partial charge in [-0.1, -0.05) is 0 Å². The Balaban J connectivity index is 2.98. The summed E-state index contributed by atoms with van der Waals surface area (Å²) >= 11 is 0. The van der Waals surface area contributed by atoms with Crippen LogP contribution in [0.15, 0.2) is 18.2 Å². The Morgan fingerprint density at radius 2 is 2.06 bits per heavy atom. The SMILES string of the molecule is COc1ccc(OC)c(C(=O)COC=O)c1. The molecule has 0 saturated carbocycles. The zero-order valence-electron chi connectivity index (χ0n) is 9.06. The Kier molecular flexibility index (Phi) is 4.32. The molecule has 0 aliphatic heterocycles. The monoisotopic (exact) mass is 224 g/mol. The first-order chi connectivity index (χ1) is 7.72. The molecule has 0 aromatic heterocycles. The van der Waals surface area contributed by atoms with E-state index in [0.29, 0.717) is 17.1 Å². The number of carbonyl (C=O) groups is 2. The van der Waals surface area contributed by atoms with Crippen LogP contribution in [0.5, 0.6) is 11.5 Å². The molecule has 5 nitrogen and oxygen atoms in total. The summed E-state index contributed by atoms with van der Waals surface area (Å²) in [4.78, 5) is 21.6. The van der Waals surface area contributed by atoms with Crippen molar-refractivity contribution in [2.45, 2.75) is 0 Å². The summed E-state index contributed by atoms with van der Waals surface area (Å²) in [6.07, 6.45) is 0. The van der Waals surface area contributed by atoms with E-state index in [4.69, 9.17) is 9.47 Å². The molecule has 5 heteroatoms. The molecule has 0 bridgehead atoms. The van der Waals surface area contributed by atoms with Gasteiger partial charge in [-0.2, -0.15) is 0 Å². The Morgan fingerprint density at radius 3 is 2.62 bits per heavy atom. The Morgan fingerprint density at radius 1 is 1.31 bits per heavy atom. The zero-order chi connectivity index (χ0) is 12.0. The third-order valence-corrected chi connectivity index (χ3v) is 1.99. The minimum absolute atomic E-state index is 0.227. The van der Waals surface area contributed by atoms with Crippen molar-refractivity contribution in [2.75, 3.05) is 20.8 Å². The van der Waals surface area contributed by atoms with E-state index in [1.807, 2.05) is 0 Å². The fraction of sp³-hybridized carbons (Fsp3) is 0.273. The van der Waals surface area contributed by atoms with Gasteiger partial charge in [0.1, 0.15) is 11.5 Å². The highest BCUT2D eigenvalue weighted by molar-refractivity contribution is 6.00. The van der Waals surface area contributed by atoms with E-state index in [9.17, 15) is 9.59 Å². The van der Waals surface area contributed by atoms with Crippen LogP contribution in [-0.2, 0) is 9.53 Å². The van der Waals surface area contributed by atoms with E-state index < -0.39 is 0 Å². The highest BCUT2D eigenvalue weighted by atomic mass is 16.5. The molecular formula is C11H12O5. The second-order valence-electron chi connectivity index (χ2n) is 2.90. The van der Waals surface area contributed by atoms with Crippen LogP contribution in [0.25, 0.3) is 0 Å². The van der Waals surface area contributed by atoms with E-state index in [-0.39, 0.29) is 18.9 Å². The lowest BCUT2D eigenvalue weighted by atomic mass is 10.1. The van der Waals surface area contributed by atoms with Crippen molar-refractivity contribution in [1.29, 1.82) is 0 Å². The number of hydrogen-bond donors (Lipinski definition) is 0. The second kappa shape index (κ2) is 5.75. The number of carbonyl (C=O) groups excluding carboxylic acids is 2. The summed E-state index contributed by atoms with van der Waals surface area (Å²) in [5.41, 5.74) is 0.323. The molecule has 0 saturated heterocycles. The second-order valence-corrected chi connectivity index (χ2v) is 2.90. The molecule has 0 amide bonds. The Bertz CT molecular complexity index is 386. The molecule has 1 aromatic carbocycles. The molecule has 1 rings (SSSR count). The van der Waals surface area contributed by atoms with Gasteiger partial charge in [-0.3, -0.25) is 9.59 Å². The average Bonchev–Trinajstić information content (AvgIpc) is 2.35. The smallest absolute Gasteiger partial charge is 0.293 e. The van der Waals surface area contributed by atoms with Crippen molar-refractivity contribution in [3.63, 3.8) is 0 Å². The van der Waals surface area contributed by atoms with E-state index in [0.717, 1.165) is 0 Å². The predicted molar refractivity (Wildman–Crippen MR) is 55.9 cm³/mol. The maximum atomic E-state index is 11.6. The lowest BCUT2D eigenvalue weighted by molar-refractivity contribution is -0.127. The average molecular weight is 224 g/mol. The number of ketones is 1. The van der Waals surface area contributed by atoms with Gasteiger partial charge in [0.05, 0.1) is 19.8 Å². The molecular weight excluding hydrogens is 212 g/mol. The molecule has 0 atom stereocenters. The maximum absolute atomic E-state index is 11.6. The van der Waals surface area contributed by atoms with Gasteiger partial charge in [-0.15, -0.1) is 0 Å². The van der Waals surface area contributed by atoms with Crippen LogP contribution in [0.1, 0.15) is 10.4 Å². The maximum Gasteiger partial charge on any atom is 0.293 e. The van der Waals surface area contributed by atoms with Crippen molar-refractivity contribution in [1.82, 2.24) is 0 Å². The summed E-state index contributed by atoms with van der Waals surface area (Å²) in [6.45, 7) is -0.0857. The van der Waals surface area contributed by atoms with Gasteiger partial charge in [-0.05, 0) is 18.2 Å². The van der Waals surface area contributed by atoms with Gasteiger partial charge in [0, 0.05) is 0 Å². The Hall–Kier alpha value is -2.04. The van der Waals surface area contributed by atoms with Crippen molar-refractivity contribution >= 4 is 12.3 Å². The number of benzene rings is 1. The van der Waals surface area contributed by atoms with Gasteiger partial charge in [-0.25, -0.2) is 0 Å². The lowest BCUT2D eigenvalue weighted by Crippen LogP contribution is -2.10. The largest absolute Gasteiger partial charge is 0.497 e. The third-order valence-electron chi connectivity index (χ3n) is 1.99. The predicted octanol–water partition coefficient (Wildman–Crippen LogP) is 1.06. The van der Waals surface area contributed by atoms with Gasteiger partial charge >= 0.3 is 0 Å². The summed E-state index contributed by atoms with van der Waals surface area (Å²) in [5.74, 6) is 0.610. The number of methoxy groups -OCH3 is 2. The molecule has 0 aliphatic carbocycles. The molecule has 0 radical (unpaired) electrons. The summed E-state index contributed by atoms with van der Waals surface area (Å²) in [7, 11) is 2.96. The van der Waals surface area contributed by atoms with Crippen LogP contribution in [0.4, 0.5) is 0 Å². The minimum atomic E-state index is -0.345. The minimum Gasteiger partial charge on any atom is -0.497 e. The first-order valence-corrected chi connectivity index (χ1v) is 4.53. The van der Waals surface area contributed by atoms with E-state index in [2.05, 4.69) is 4.74 Å². The standard InChI is InChI=1S/C11H12O5/c1-14-8-3-4-11(15-2)9(5-8)10(13)6-16-7-12/h3-5,7H,6H2,1-2H3. The molecule has 1 aromatic rings. The third kappa shape index (κ3) is 2.73. The quantitative estimate of drug-likeness (QED) is 0.534. The Labute approximate surface area is 92.9 Å². The molecule has 86 valence electrons. The first-order valence-electron chi connectivity index (χ1n) is 4.53. The number of hydrogen-bond acceptors (Lipinski definition) is 5. The lowest BCUT2D eigenvalue weighted by Gasteiger charge is -2.08. The normalized spacial score (nSPS) is 9.38. The van der Waals surface area contributed by atoms with Crippen LogP contribution in [0.3, 0.4) is 0 Å². The van der Waals surface area contributed by atoms with E-state index >= 15 is 0 Å². The molecule has 0 N–H and O–H groups in total. The van der Waals surface area contributed by atoms with Crippen LogP contribution in [0, 0.1) is 0 Å². The summed E-state index contributed by atoms with van der Waals surface area (Å²) in [5, 5.41) is 0. The topological polar surface area (TPSA) is 61.8 Å². The van der Waals surface area contributed by atoms with Crippen molar-refractivity contribution in [2.24, 2.45) is 0 Å². The number of rotatable bonds is 6. The number of ether oxygens (including phenoxy) is 3. The van der Waals surface area contributed by atoms with E-state index in [1.165, 1.54) is 20.3 Å². The van der Waals surface area contributed by atoms with Crippen molar-refractivity contribution in [3.8, 4) is 11.5 Å². The van der Waals surface area contributed by atoms with Crippen LogP contribution in [0.2, 0.25) is 0 Å². The van der Waals surface area contributed by atoms with Crippen LogP contribution >= 0.6 is 0 Å². The molecule has 0 heterocycles. The van der Waals surface area contributed by atoms with E-state index in [1.54, 1.807) is 12.1 Å². The van der Waals surface area contributed by atoms with Gasteiger partial charge < -0.3 is 14.2 Å². The molecule has 0 aliphatic rings. The highest BCUT2D eigenvalue weighted by Crippen LogP contribution is 2.24. The molecule has 0 spiro atoms. The van der Waals surface area contributed by atoms with Gasteiger partial charge in [0.2, 0.25) is 5.78 Å². The highest BCUT2D eigenvalue weighted by Gasteiger charge is 2.13. The fourth-order valence-electron chi connectivity index (χ4n) is 1.22. The van der Waals surface area contributed by atoms with Crippen LogP contribution < -0.4 is 9.47 Å². The molecule has 16 heavy (non-hydrogen) atoms. The summed E-state index contributed by atoms with van der Waals surface area (Å²) < 4.78 is 14.4. The van der Waals surface area contributed by atoms with Gasteiger partial charge in [0.15, 0.2) is 6.61 Å². The molecule has 0 fully saturated rings. The summed E-state index contributed by atoms with van der Waals surface area (Å²) in [6, 6.07) is 4.83. The fourth-order valence-corrected chi connectivity index (χ4v) is 1.22. The first kappa shape index (κ1) is 12.0. The zero-order valence-corrected chi connectivity index (χ0v) is 9.06. The van der Waals surface area contributed by atoms with Gasteiger partial charge in [0.25, 0.3) is 6.47 Å².